The number of carbonyl (C=O) groups excluding carboxylic acids is 1. The Labute approximate surface area is 157 Å². The lowest BCUT2D eigenvalue weighted by Crippen LogP contribution is -2.24. The molecule has 2 N–H and O–H groups in total. The van der Waals surface area contributed by atoms with Gasteiger partial charge in [-0.25, -0.2) is 4.79 Å². The maximum Gasteiger partial charge on any atom is 0.334 e. The minimum Gasteiger partial charge on any atom is -0.481 e. The average molecular weight is 369 g/mol. The second-order valence-electron chi connectivity index (χ2n) is 7.60. The number of cyclic esters (lactones) is 1. The van der Waals surface area contributed by atoms with E-state index in [0.717, 1.165) is 32.1 Å². The molecule has 1 heterocycles. The Kier molecular flexibility index (Phi) is 11.3. The van der Waals surface area contributed by atoms with Crippen LogP contribution in [0.2, 0.25) is 0 Å². The summed E-state index contributed by atoms with van der Waals surface area (Å²) in [5.41, 5.74) is 0.0772. The van der Waals surface area contributed by atoms with Crippen molar-refractivity contribution in [2.75, 3.05) is 0 Å². The fraction of sp³-hybridized carbons (Fsp3) is 0.810. The van der Waals surface area contributed by atoms with Crippen LogP contribution in [0, 0.1) is 5.92 Å². The van der Waals surface area contributed by atoms with Gasteiger partial charge < -0.3 is 14.9 Å². The van der Waals surface area contributed by atoms with Crippen molar-refractivity contribution in [2.45, 2.75) is 103 Å². The molecule has 150 valence electrons. The Morgan fingerprint density at radius 1 is 1.00 bits per heavy atom. The molecule has 0 aromatic carbocycles. The normalized spacial score (nSPS) is 21.0. The van der Waals surface area contributed by atoms with Gasteiger partial charge in [0, 0.05) is 5.57 Å². The van der Waals surface area contributed by atoms with E-state index in [2.05, 4.69) is 6.58 Å². The first kappa shape index (κ1) is 22.7. The lowest BCUT2D eigenvalue weighted by Gasteiger charge is -2.13. The van der Waals surface area contributed by atoms with Crippen molar-refractivity contribution in [1.82, 2.24) is 0 Å². The molecule has 0 aromatic rings. The number of aliphatic hydroxyl groups excluding tert-OH is 1. The summed E-state index contributed by atoms with van der Waals surface area (Å²) in [6.45, 7) is 5.39. The quantitative estimate of drug-likeness (QED) is 0.250. The van der Waals surface area contributed by atoms with Gasteiger partial charge in [-0.05, 0) is 26.2 Å². The topological polar surface area (TPSA) is 83.8 Å². The molecule has 0 spiro atoms. The molecule has 0 unspecified atom stereocenters. The van der Waals surface area contributed by atoms with Crippen LogP contribution >= 0.6 is 0 Å². The van der Waals surface area contributed by atoms with Crippen LogP contribution in [0.4, 0.5) is 0 Å². The molecule has 5 heteroatoms. The molecule has 26 heavy (non-hydrogen) atoms. The number of unbranched alkanes of at least 4 members (excludes halogenated alkanes) is 10. The third-order valence-electron chi connectivity index (χ3n) is 5.14. The SMILES string of the molecule is C=C1C(=O)O[C@@H](CCCCCCCCCCCCC[C@@H](C)O)[C@H]1C(=O)O. The smallest absolute Gasteiger partial charge is 0.334 e. The number of carboxylic acid groups (broad SMARTS) is 1. The van der Waals surface area contributed by atoms with Crippen LogP contribution in [0.1, 0.15) is 90.4 Å². The third kappa shape index (κ3) is 8.84. The Bertz CT molecular complexity index is 444. The summed E-state index contributed by atoms with van der Waals surface area (Å²) in [6, 6.07) is 0. The zero-order valence-corrected chi connectivity index (χ0v) is 16.3. The molecule has 5 nitrogen and oxygen atoms in total. The van der Waals surface area contributed by atoms with Crippen molar-refractivity contribution in [3.8, 4) is 0 Å². The van der Waals surface area contributed by atoms with Gasteiger partial charge in [0.05, 0.1) is 6.10 Å². The number of rotatable bonds is 15. The molecule has 1 rings (SSSR count). The molecule has 0 saturated carbocycles. The maximum atomic E-state index is 11.5. The predicted octanol–water partition coefficient (Wildman–Crippen LogP) is 4.62. The lowest BCUT2D eigenvalue weighted by atomic mass is 9.93. The van der Waals surface area contributed by atoms with Gasteiger partial charge in [0.1, 0.15) is 12.0 Å². The van der Waals surface area contributed by atoms with E-state index in [1.165, 1.54) is 44.9 Å². The number of ether oxygens (including phenoxy) is 1. The number of carboxylic acids is 1. The molecule has 0 bridgehead atoms. The zero-order valence-electron chi connectivity index (χ0n) is 16.3. The van der Waals surface area contributed by atoms with E-state index >= 15 is 0 Å². The van der Waals surface area contributed by atoms with Crippen LogP contribution < -0.4 is 0 Å². The summed E-state index contributed by atoms with van der Waals surface area (Å²) in [5.74, 6) is -2.45. The van der Waals surface area contributed by atoms with Crippen LogP contribution in [-0.2, 0) is 14.3 Å². The predicted molar refractivity (Wildman–Crippen MR) is 102 cm³/mol. The van der Waals surface area contributed by atoms with E-state index in [1.807, 2.05) is 6.92 Å². The highest BCUT2D eigenvalue weighted by Gasteiger charge is 2.42. The van der Waals surface area contributed by atoms with Crippen LogP contribution in [0.15, 0.2) is 12.2 Å². The number of hydrogen-bond donors (Lipinski definition) is 2. The Hall–Kier alpha value is -1.36. The highest BCUT2D eigenvalue weighted by atomic mass is 16.6. The number of hydrogen-bond acceptors (Lipinski definition) is 4. The average Bonchev–Trinajstić information content (AvgIpc) is 2.86. The maximum absolute atomic E-state index is 11.5. The zero-order chi connectivity index (χ0) is 19.4. The van der Waals surface area contributed by atoms with E-state index in [1.54, 1.807) is 0 Å². The molecule has 1 fully saturated rings. The van der Waals surface area contributed by atoms with Gasteiger partial charge in [-0.2, -0.15) is 0 Å². The van der Waals surface area contributed by atoms with Gasteiger partial charge in [0.2, 0.25) is 0 Å². The van der Waals surface area contributed by atoms with Crippen LogP contribution in [0.3, 0.4) is 0 Å². The van der Waals surface area contributed by atoms with E-state index in [9.17, 15) is 19.8 Å². The summed E-state index contributed by atoms with van der Waals surface area (Å²) in [6.07, 6.45) is 13.8. The second-order valence-corrected chi connectivity index (χ2v) is 7.60. The van der Waals surface area contributed by atoms with Gasteiger partial charge in [0.25, 0.3) is 0 Å². The molecule has 1 saturated heterocycles. The number of esters is 1. The molecule has 0 aliphatic carbocycles. The van der Waals surface area contributed by atoms with Gasteiger partial charge in [-0.15, -0.1) is 0 Å². The highest BCUT2D eigenvalue weighted by molar-refractivity contribution is 5.97. The van der Waals surface area contributed by atoms with Gasteiger partial charge in [0.15, 0.2) is 0 Å². The number of aliphatic hydroxyl groups is 1. The highest BCUT2D eigenvalue weighted by Crippen LogP contribution is 2.30. The van der Waals surface area contributed by atoms with Crippen molar-refractivity contribution in [3.63, 3.8) is 0 Å². The summed E-state index contributed by atoms with van der Waals surface area (Å²) >= 11 is 0. The monoisotopic (exact) mass is 368 g/mol. The molecule has 0 radical (unpaired) electrons. The molecule has 0 amide bonds. The molecule has 0 aromatic heterocycles. The number of carbonyl (C=O) groups is 2. The van der Waals surface area contributed by atoms with Crippen molar-refractivity contribution in [3.05, 3.63) is 12.2 Å². The third-order valence-corrected chi connectivity index (χ3v) is 5.14. The van der Waals surface area contributed by atoms with Crippen molar-refractivity contribution in [2.24, 2.45) is 5.92 Å². The van der Waals surface area contributed by atoms with Crippen LogP contribution in [-0.4, -0.2) is 34.4 Å². The van der Waals surface area contributed by atoms with E-state index in [4.69, 9.17) is 4.74 Å². The van der Waals surface area contributed by atoms with Gasteiger partial charge >= 0.3 is 11.9 Å². The molecular formula is C21H36O5. The van der Waals surface area contributed by atoms with Crippen molar-refractivity contribution < 1.29 is 24.5 Å². The Morgan fingerprint density at radius 3 is 1.92 bits per heavy atom. The van der Waals surface area contributed by atoms with Crippen LogP contribution in [0.25, 0.3) is 0 Å². The first-order valence-electron chi connectivity index (χ1n) is 10.2. The van der Waals surface area contributed by atoms with E-state index in [0.29, 0.717) is 6.42 Å². The summed E-state index contributed by atoms with van der Waals surface area (Å²) in [5, 5.41) is 18.4. The fourth-order valence-corrected chi connectivity index (χ4v) is 3.54. The van der Waals surface area contributed by atoms with E-state index in [-0.39, 0.29) is 11.7 Å². The fourth-order valence-electron chi connectivity index (χ4n) is 3.54. The molecule has 1 aliphatic heterocycles. The van der Waals surface area contributed by atoms with E-state index < -0.39 is 24.0 Å². The molecule has 1 aliphatic rings. The Morgan fingerprint density at radius 2 is 1.46 bits per heavy atom. The van der Waals surface area contributed by atoms with Gasteiger partial charge in [-0.1, -0.05) is 70.8 Å². The minimum atomic E-state index is -1.02. The summed E-state index contributed by atoms with van der Waals surface area (Å²) < 4.78 is 5.13. The first-order valence-corrected chi connectivity index (χ1v) is 10.2. The van der Waals surface area contributed by atoms with Crippen molar-refractivity contribution >= 4 is 11.9 Å². The number of aliphatic carboxylic acids is 1. The lowest BCUT2D eigenvalue weighted by molar-refractivity contribution is -0.144. The summed E-state index contributed by atoms with van der Waals surface area (Å²) in [7, 11) is 0. The largest absolute Gasteiger partial charge is 0.481 e. The first-order chi connectivity index (χ1) is 12.4. The summed E-state index contributed by atoms with van der Waals surface area (Å²) in [4.78, 5) is 22.7. The molecular weight excluding hydrogens is 332 g/mol. The standard InChI is InChI=1S/C21H36O5/c1-16(22)14-12-10-8-6-4-3-5-7-9-11-13-15-18-19(20(23)24)17(2)21(25)26-18/h16,18-19,22H,2-15H2,1H3,(H,23,24)/t16-,18+,19+/m1/s1. The Balaban J connectivity index is 1.93. The molecule has 3 atom stereocenters. The van der Waals surface area contributed by atoms with Crippen molar-refractivity contribution in [1.29, 1.82) is 0 Å². The second kappa shape index (κ2) is 12.9. The van der Waals surface area contributed by atoms with Gasteiger partial charge in [-0.3, -0.25) is 4.79 Å². The van der Waals surface area contributed by atoms with Crippen LogP contribution in [0.5, 0.6) is 0 Å². The minimum absolute atomic E-state index is 0.0772.